The summed E-state index contributed by atoms with van der Waals surface area (Å²) in [5, 5.41) is 5.94. The monoisotopic (exact) mass is 746 g/mol. The summed E-state index contributed by atoms with van der Waals surface area (Å²) < 4.78 is 7.09. The standard InChI is InChI=1S/C50H30N6S/c1-4-14-31(15-5-1)39-26-29-43-46(51-39)45-42(28-25-37-36-21-11-13-23-44(36)57-47(37)45)55(43)34-24-27-41-38(30-34)35-20-10-12-22-40(35)56(41)50-53-48(32-16-6-2-7-17-32)52-49(54-50)33-18-8-3-9-19-33/h1-30H. The van der Waals surface area contributed by atoms with Gasteiger partial charge in [-0.2, -0.15) is 9.97 Å². The molecule has 0 amide bonds. The van der Waals surface area contributed by atoms with Crippen LogP contribution in [0.1, 0.15) is 0 Å². The Kier molecular flexibility index (Phi) is 7.00. The average Bonchev–Trinajstić information content (AvgIpc) is 3.94. The molecule has 0 aliphatic heterocycles. The van der Waals surface area contributed by atoms with E-state index < -0.39 is 0 Å². The van der Waals surface area contributed by atoms with Crippen LogP contribution >= 0.6 is 11.3 Å². The molecule has 7 heteroatoms. The summed E-state index contributed by atoms with van der Waals surface area (Å²) >= 11 is 1.84. The zero-order valence-corrected chi connectivity index (χ0v) is 31.2. The van der Waals surface area contributed by atoms with Crippen molar-refractivity contribution in [3.63, 3.8) is 0 Å². The van der Waals surface area contributed by atoms with Crippen LogP contribution in [0.4, 0.5) is 0 Å². The predicted octanol–water partition coefficient (Wildman–Crippen LogP) is 12.8. The van der Waals surface area contributed by atoms with Gasteiger partial charge in [0.1, 0.15) is 0 Å². The van der Waals surface area contributed by atoms with Gasteiger partial charge in [-0.15, -0.1) is 11.3 Å². The fraction of sp³-hybridized carbons (Fsp3) is 0. The van der Waals surface area contributed by atoms with Crippen LogP contribution in [0.25, 0.3) is 110 Å². The number of fused-ring (bicyclic) bond motifs is 10. The van der Waals surface area contributed by atoms with E-state index in [0.29, 0.717) is 17.6 Å². The van der Waals surface area contributed by atoms with Crippen molar-refractivity contribution in [1.29, 1.82) is 0 Å². The summed E-state index contributed by atoms with van der Waals surface area (Å²) in [7, 11) is 0. The molecule has 0 saturated heterocycles. The molecule has 57 heavy (non-hydrogen) atoms. The smallest absolute Gasteiger partial charge is 0.238 e. The fourth-order valence-electron chi connectivity index (χ4n) is 8.40. The summed E-state index contributed by atoms with van der Waals surface area (Å²) in [6.07, 6.45) is 0. The van der Waals surface area contributed by atoms with E-state index in [0.717, 1.165) is 66.4 Å². The summed E-state index contributed by atoms with van der Waals surface area (Å²) in [6.45, 7) is 0. The molecule has 5 heterocycles. The van der Waals surface area contributed by atoms with Crippen molar-refractivity contribution in [3.8, 4) is 45.7 Å². The molecule has 0 aliphatic carbocycles. The minimum Gasteiger partial charge on any atom is -0.308 e. The molecule has 0 fully saturated rings. The van der Waals surface area contributed by atoms with Crippen LogP contribution in [-0.4, -0.2) is 29.1 Å². The van der Waals surface area contributed by atoms with E-state index in [4.69, 9.17) is 19.9 Å². The van der Waals surface area contributed by atoms with Crippen molar-refractivity contribution >= 4 is 75.3 Å². The van der Waals surface area contributed by atoms with E-state index in [1.807, 2.05) is 78.1 Å². The average molecular weight is 747 g/mol. The predicted molar refractivity (Wildman–Crippen MR) is 235 cm³/mol. The Balaban J connectivity index is 1.12. The van der Waals surface area contributed by atoms with Gasteiger partial charge in [-0.05, 0) is 48.5 Å². The van der Waals surface area contributed by atoms with Crippen molar-refractivity contribution in [3.05, 3.63) is 182 Å². The number of nitrogens with zero attached hydrogens (tertiary/aromatic N) is 6. The van der Waals surface area contributed by atoms with Gasteiger partial charge in [0, 0.05) is 58.7 Å². The maximum atomic E-state index is 5.42. The highest BCUT2D eigenvalue weighted by atomic mass is 32.1. The van der Waals surface area contributed by atoms with Crippen molar-refractivity contribution in [2.45, 2.75) is 0 Å². The van der Waals surface area contributed by atoms with Gasteiger partial charge in [-0.1, -0.05) is 133 Å². The number of benzene rings is 7. The zero-order valence-electron chi connectivity index (χ0n) is 30.4. The van der Waals surface area contributed by atoms with Crippen LogP contribution in [0.2, 0.25) is 0 Å². The topological polar surface area (TPSA) is 61.4 Å². The van der Waals surface area contributed by atoms with Crippen LogP contribution in [0.3, 0.4) is 0 Å². The normalized spacial score (nSPS) is 11.9. The molecule has 7 aromatic carbocycles. The first-order chi connectivity index (χ1) is 28.3. The summed E-state index contributed by atoms with van der Waals surface area (Å²) in [5.41, 5.74) is 10.2. The maximum Gasteiger partial charge on any atom is 0.238 e. The van der Waals surface area contributed by atoms with Gasteiger partial charge in [0.25, 0.3) is 0 Å². The second kappa shape index (κ2) is 12.5. The summed E-state index contributed by atoms with van der Waals surface area (Å²) in [5.74, 6) is 1.83. The van der Waals surface area contributed by atoms with Crippen LogP contribution in [0.15, 0.2) is 182 Å². The molecule has 0 radical (unpaired) electrons. The van der Waals surface area contributed by atoms with Crippen LogP contribution < -0.4 is 0 Å². The van der Waals surface area contributed by atoms with Crippen LogP contribution in [-0.2, 0) is 0 Å². The first-order valence-corrected chi connectivity index (χ1v) is 19.8. The van der Waals surface area contributed by atoms with E-state index in [-0.39, 0.29) is 0 Å². The van der Waals surface area contributed by atoms with E-state index in [1.165, 1.54) is 25.6 Å². The maximum absolute atomic E-state index is 5.42. The molecule has 266 valence electrons. The van der Waals surface area contributed by atoms with Crippen LogP contribution in [0, 0.1) is 0 Å². The lowest BCUT2D eigenvalue weighted by Gasteiger charge is -2.11. The number of hydrogen-bond donors (Lipinski definition) is 0. The molecule has 0 spiro atoms. The molecule has 12 rings (SSSR count). The lowest BCUT2D eigenvalue weighted by molar-refractivity contribution is 0.953. The highest BCUT2D eigenvalue weighted by Crippen LogP contribution is 2.44. The molecule has 0 bridgehead atoms. The van der Waals surface area contributed by atoms with E-state index >= 15 is 0 Å². The molecule has 0 unspecified atom stereocenters. The second-order valence-electron chi connectivity index (χ2n) is 14.3. The molecule has 0 saturated carbocycles. The van der Waals surface area contributed by atoms with Gasteiger partial charge in [0.05, 0.1) is 33.3 Å². The van der Waals surface area contributed by atoms with Gasteiger partial charge >= 0.3 is 0 Å². The molecule has 0 aliphatic rings. The zero-order chi connectivity index (χ0) is 37.5. The highest BCUT2D eigenvalue weighted by Gasteiger charge is 2.22. The number of hydrogen-bond acceptors (Lipinski definition) is 5. The Morgan fingerprint density at radius 3 is 1.72 bits per heavy atom. The first-order valence-electron chi connectivity index (χ1n) is 19.0. The number of para-hydroxylation sites is 1. The van der Waals surface area contributed by atoms with E-state index in [2.05, 4.69) is 124 Å². The van der Waals surface area contributed by atoms with Crippen molar-refractivity contribution in [2.24, 2.45) is 0 Å². The van der Waals surface area contributed by atoms with Crippen LogP contribution in [0.5, 0.6) is 0 Å². The third kappa shape index (κ3) is 4.96. The lowest BCUT2D eigenvalue weighted by Crippen LogP contribution is -2.06. The third-order valence-electron chi connectivity index (χ3n) is 11.0. The number of rotatable bonds is 5. The Morgan fingerprint density at radius 1 is 0.386 bits per heavy atom. The molecule has 0 atom stereocenters. The minimum atomic E-state index is 0.573. The molecular formula is C50H30N6S. The van der Waals surface area contributed by atoms with Gasteiger partial charge in [-0.3, -0.25) is 4.57 Å². The van der Waals surface area contributed by atoms with Gasteiger partial charge in [0.15, 0.2) is 11.6 Å². The van der Waals surface area contributed by atoms with E-state index in [9.17, 15) is 0 Å². The van der Waals surface area contributed by atoms with Gasteiger partial charge < -0.3 is 4.57 Å². The molecule has 0 N–H and O–H groups in total. The highest BCUT2D eigenvalue weighted by molar-refractivity contribution is 7.26. The molecular weight excluding hydrogens is 717 g/mol. The van der Waals surface area contributed by atoms with E-state index in [1.54, 1.807) is 0 Å². The Hall–Kier alpha value is -7.48. The van der Waals surface area contributed by atoms with Gasteiger partial charge in [-0.25, -0.2) is 9.97 Å². The first kappa shape index (κ1) is 31.8. The number of pyridine rings is 1. The van der Waals surface area contributed by atoms with Crippen molar-refractivity contribution in [2.75, 3.05) is 0 Å². The number of aromatic nitrogens is 6. The van der Waals surface area contributed by atoms with Crippen molar-refractivity contribution in [1.82, 2.24) is 29.1 Å². The largest absolute Gasteiger partial charge is 0.308 e. The SMILES string of the molecule is c1ccc(-c2ccc3c(n2)c2c4sc5ccccc5c4ccc2n3-c2ccc3c(c2)c2ccccc2n3-c2nc(-c3ccccc3)nc(-c3ccccc3)n2)cc1. The molecule has 5 aromatic heterocycles. The Labute approximate surface area is 330 Å². The number of thiophene rings is 1. The summed E-state index contributed by atoms with van der Waals surface area (Å²) in [4.78, 5) is 20.7. The quantitative estimate of drug-likeness (QED) is 0.176. The van der Waals surface area contributed by atoms with Crippen molar-refractivity contribution < 1.29 is 0 Å². The second-order valence-corrected chi connectivity index (χ2v) is 15.3. The fourth-order valence-corrected chi connectivity index (χ4v) is 9.65. The lowest BCUT2D eigenvalue weighted by atomic mass is 10.1. The third-order valence-corrected chi connectivity index (χ3v) is 12.2. The van der Waals surface area contributed by atoms with Gasteiger partial charge in [0.2, 0.25) is 5.95 Å². The molecule has 6 nitrogen and oxygen atoms in total. The summed E-state index contributed by atoms with van der Waals surface area (Å²) in [6, 6.07) is 63.6. The Morgan fingerprint density at radius 2 is 0.982 bits per heavy atom. The molecule has 12 aromatic rings. The Bertz CT molecular complexity index is 3460. The minimum absolute atomic E-state index is 0.573.